The van der Waals surface area contributed by atoms with Crippen LogP contribution in [0.2, 0.25) is 13.1 Å². The Morgan fingerprint density at radius 2 is 1.40 bits per heavy atom. The molecule has 0 heterocycles. The molecule has 0 aromatic heterocycles. The van der Waals surface area contributed by atoms with Gasteiger partial charge in [0.05, 0.1) is 0 Å². The van der Waals surface area contributed by atoms with Crippen molar-refractivity contribution >= 4 is 8.96 Å². The third-order valence-corrected chi connectivity index (χ3v) is 0. The number of nitrogens with one attached hydrogen (secondary N) is 1. The second-order valence-corrected chi connectivity index (χ2v) is 3.46. The van der Waals surface area contributed by atoms with Crippen LogP contribution in [0.25, 0.3) is 5.40 Å². The van der Waals surface area contributed by atoms with Crippen molar-refractivity contribution in [3.8, 4) is 0 Å². The fourth-order valence-electron chi connectivity index (χ4n) is 0. The van der Waals surface area contributed by atoms with Crippen LogP contribution in [0, 0.1) is 0 Å². The predicted octanol–water partition coefficient (Wildman–Crippen LogP) is -1.97. The normalized spacial score (nSPS) is 7.20. The fraction of sp³-hybridized carbons (Fsp3) is 1.00. The Morgan fingerprint density at radius 1 is 1.40 bits per heavy atom. The van der Waals surface area contributed by atoms with E-state index < -0.39 is 8.96 Å². The van der Waals surface area contributed by atoms with Gasteiger partial charge in [0.2, 0.25) is 0 Å². The molecule has 1 nitrogen and oxygen atoms in total. The minimum atomic E-state index is -0.889. The monoisotopic (exact) mass is 113 g/mol. The van der Waals surface area contributed by atoms with Crippen molar-refractivity contribution in [3.63, 3.8) is 0 Å². The zero-order valence-electron chi connectivity index (χ0n) is 4.08. The molecule has 0 unspecified atom stereocenters. The van der Waals surface area contributed by atoms with Crippen molar-refractivity contribution in [1.29, 1.82) is 0 Å². The molecule has 0 aromatic rings. The molecule has 0 fully saturated rings. The van der Waals surface area contributed by atoms with E-state index in [0.717, 1.165) is 0 Å². The standard InChI is InChI=1S/C2H8NSi.K/c1-4(2)3;/h3-4H,1-2H3;/q-1;+1. The van der Waals surface area contributed by atoms with E-state index in [2.05, 4.69) is 0 Å². The molecular weight excluding hydrogens is 105 g/mol. The van der Waals surface area contributed by atoms with Crippen molar-refractivity contribution < 1.29 is 51.4 Å². The van der Waals surface area contributed by atoms with E-state index in [9.17, 15) is 0 Å². The minimum absolute atomic E-state index is 0. The van der Waals surface area contributed by atoms with Gasteiger partial charge in [0.15, 0.2) is 0 Å². The fourth-order valence-corrected chi connectivity index (χ4v) is 0. The quantitative estimate of drug-likeness (QED) is 0.325. The van der Waals surface area contributed by atoms with Crippen molar-refractivity contribution in [3.05, 3.63) is 5.40 Å². The largest absolute Gasteiger partial charge is 1.00 e. The van der Waals surface area contributed by atoms with Gasteiger partial charge in [0, 0.05) is 0 Å². The molecular formula is C2H8KNSi. The maximum Gasteiger partial charge on any atom is 1.00 e. The summed E-state index contributed by atoms with van der Waals surface area (Å²) in [6.45, 7) is 3.94. The van der Waals surface area contributed by atoms with Gasteiger partial charge in [-0.25, -0.2) is 0 Å². The predicted molar refractivity (Wildman–Crippen MR) is 23.2 cm³/mol. The van der Waals surface area contributed by atoms with E-state index in [1.54, 1.807) is 0 Å². The Bertz CT molecular complexity index is 14.4. The third-order valence-electron chi connectivity index (χ3n) is 0. The number of hydrogen-bond acceptors (Lipinski definition) is 0. The van der Waals surface area contributed by atoms with Crippen LogP contribution in [0.3, 0.4) is 0 Å². The molecule has 3 heteroatoms. The van der Waals surface area contributed by atoms with Gasteiger partial charge in [0.1, 0.15) is 0 Å². The van der Waals surface area contributed by atoms with Crippen molar-refractivity contribution in [2.24, 2.45) is 0 Å². The van der Waals surface area contributed by atoms with Crippen LogP contribution in [-0.2, 0) is 0 Å². The zero-order chi connectivity index (χ0) is 3.58. The van der Waals surface area contributed by atoms with Gasteiger partial charge in [-0.1, -0.05) is 22.1 Å². The molecule has 0 rings (SSSR count). The van der Waals surface area contributed by atoms with Gasteiger partial charge in [-0.15, -0.1) is 0 Å². The first-order valence-electron chi connectivity index (χ1n) is 1.44. The zero-order valence-corrected chi connectivity index (χ0v) is 8.36. The molecule has 0 aliphatic heterocycles. The van der Waals surface area contributed by atoms with Crippen LogP contribution in [0.4, 0.5) is 0 Å². The summed E-state index contributed by atoms with van der Waals surface area (Å²) in [6.07, 6.45) is 0. The number of rotatable bonds is 0. The molecule has 0 saturated carbocycles. The summed E-state index contributed by atoms with van der Waals surface area (Å²) in [6, 6.07) is 0. The Labute approximate surface area is 77.4 Å². The average Bonchev–Trinajstić information content (AvgIpc) is 0.811. The summed E-state index contributed by atoms with van der Waals surface area (Å²) in [5.41, 5.74) is 0. The SMILES string of the molecule is C[SiH](C)[NH-].[K+]. The molecule has 0 spiro atoms. The Kier molecular flexibility index (Phi) is 11.6. The molecule has 0 aromatic carbocycles. The van der Waals surface area contributed by atoms with Crippen molar-refractivity contribution in [1.82, 2.24) is 0 Å². The van der Waals surface area contributed by atoms with Gasteiger partial charge >= 0.3 is 51.4 Å². The summed E-state index contributed by atoms with van der Waals surface area (Å²) in [7, 11) is -0.889. The second-order valence-electron chi connectivity index (χ2n) is 1.15. The van der Waals surface area contributed by atoms with E-state index in [1.807, 2.05) is 13.1 Å². The van der Waals surface area contributed by atoms with Gasteiger partial charge in [-0.3, -0.25) is 0 Å². The van der Waals surface area contributed by atoms with Gasteiger partial charge < -0.3 is 5.40 Å². The Morgan fingerprint density at radius 3 is 1.40 bits per heavy atom. The molecule has 0 aliphatic rings. The maximum absolute atomic E-state index is 6.72. The molecule has 0 atom stereocenters. The van der Waals surface area contributed by atoms with E-state index in [0.29, 0.717) is 0 Å². The smallest absolute Gasteiger partial charge is 0.682 e. The van der Waals surface area contributed by atoms with Crippen LogP contribution in [0.1, 0.15) is 0 Å². The molecule has 0 saturated heterocycles. The van der Waals surface area contributed by atoms with Gasteiger partial charge in [-0.05, 0) is 0 Å². The molecule has 26 valence electrons. The average molecular weight is 113 g/mol. The van der Waals surface area contributed by atoms with Crippen molar-refractivity contribution in [2.75, 3.05) is 0 Å². The van der Waals surface area contributed by atoms with E-state index in [-0.39, 0.29) is 51.4 Å². The molecule has 5 heavy (non-hydrogen) atoms. The molecule has 0 aliphatic carbocycles. The maximum atomic E-state index is 6.72. The summed E-state index contributed by atoms with van der Waals surface area (Å²) >= 11 is 0. The first-order chi connectivity index (χ1) is 1.73. The van der Waals surface area contributed by atoms with Crippen LogP contribution in [0.15, 0.2) is 0 Å². The van der Waals surface area contributed by atoms with Gasteiger partial charge in [-0.2, -0.15) is 0 Å². The van der Waals surface area contributed by atoms with Crippen LogP contribution in [-0.4, -0.2) is 8.96 Å². The molecule has 0 bridgehead atoms. The Hall–Kier alpha value is 1.81. The summed E-state index contributed by atoms with van der Waals surface area (Å²) in [5, 5.41) is 6.72. The first-order valence-corrected chi connectivity index (χ1v) is 4.33. The summed E-state index contributed by atoms with van der Waals surface area (Å²) in [5.74, 6) is 0. The second kappa shape index (κ2) is 5.81. The van der Waals surface area contributed by atoms with E-state index in [4.69, 9.17) is 5.40 Å². The molecule has 0 radical (unpaired) electrons. The summed E-state index contributed by atoms with van der Waals surface area (Å²) in [4.78, 5) is 0. The van der Waals surface area contributed by atoms with Gasteiger partial charge in [0.25, 0.3) is 0 Å². The minimum Gasteiger partial charge on any atom is -0.682 e. The van der Waals surface area contributed by atoms with Crippen molar-refractivity contribution in [2.45, 2.75) is 13.1 Å². The topological polar surface area (TPSA) is 23.8 Å². The van der Waals surface area contributed by atoms with E-state index in [1.165, 1.54) is 0 Å². The Balaban J connectivity index is 0. The summed E-state index contributed by atoms with van der Waals surface area (Å²) < 4.78 is 0. The van der Waals surface area contributed by atoms with Crippen LogP contribution < -0.4 is 51.4 Å². The molecule has 1 N–H and O–H groups in total. The molecule has 0 amide bonds. The first kappa shape index (κ1) is 9.94. The third kappa shape index (κ3) is 25.7. The van der Waals surface area contributed by atoms with E-state index >= 15 is 0 Å². The number of hydrogen-bond donors (Lipinski definition) is 0. The van der Waals surface area contributed by atoms with Crippen LogP contribution in [0.5, 0.6) is 0 Å². The van der Waals surface area contributed by atoms with Crippen LogP contribution >= 0.6 is 0 Å².